The van der Waals surface area contributed by atoms with Crippen molar-refractivity contribution in [1.29, 1.82) is 0 Å². The number of anilines is 1. The number of hydrogen-bond donors (Lipinski definition) is 1. The molecule has 0 bridgehead atoms. The molecule has 0 aliphatic carbocycles. The summed E-state index contributed by atoms with van der Waals surface area (Å²) in [4.78, 5) is 33.5. The fourth-order valence-corrected chi connectivity index (χ4v) is 3.66. The normalized spacial score (nSPS) is 20.1. The molecule has 2 amide bonds. The number of nitrogens with one attached hydrogen (secondary N) is 1. The van der Waals surface area contributed by atoms with Crippen LogP contribution in [0.3, 0.4) is 0 Å². The number of ether oxygens (including phenoxy) is 1. The number of amides is 2. The maximum absolute atomic E-state index is 12.3. The first-order valence-electron chi connectivity index (χ1n) is 9.70. The number of nitrogens with zero attached hydrogens (tertiary/aromatic N) is 3. The third-order valence-corrected chi connectivity index (χ3v) is 5.22. The molecule has 0 saturated carbocycles. The van der Waals surface area contributed by atoms with Gasteiger partial charge >= 0.3 is 0 Å². The largest absolute Gasteiger partial charge is 0.480 e. The Morgan fingerprint density at radius 2 is 1.82 bits per heavy atom. The van der Waals surface area contributed by atoms with Gasteiger partial charge in [-0.3, -0.25) is 19.8 Å². The van der Waals surface area contributed by atoms with Gasteiger partial charge in [0.25, 0.3) is 11.8 Å². The van der Waals surface area contributed by atoms with Crippen molar-refractivity contribution >= 4 is 17.6 Å². The van der Waals surface area contributed by atoms with Crippen molar-refractivity contribution in [2.45, 2.75) is 18.9 Å². The molecule has 7 nitrogen and oxygen atoms in total. The first kappa shape index (κ1) is 18.4. The summed E-state index contributed by atoms with van der Waals surface area (Å²) in [6.45, 7) is 4.72. The number of fused-ring (bicyclic) bond motifs is 1. The summed E-state index contributed by atoms with van der Waals surface area (Å²) < 4.78 is 5.84. The van der Waals surface area contributed by atoms with E-state index in [1.54, 1.807) is 24.3 Å². The standard InChI is InChI=1S/C21H24N4O3/c26-20-16-6-1-2-7-17(16)28-18(21(27)23-20)8-5-11-24-12-14-25(15-13-24)19-9-3-4-10-22-19/h1-4,6-7,9-10,18H,5,8,11-15H2,(H,23,26,27). The molecule has 0 spiro atoms. The monoisotopic (exact) mass is 380 g/mol. The molecule has 1 saturated heterocycles. The zero-order valence-corrected chi connectivity index (χ0v) is 15.7. The van der Waals surface area contributed by atoms with E-state index in [1.807, 2.05) is 24.4 Å². The van der Waals surface area contributed by atoms with Crippen molar-refractivity contribution in [2.75, 3.05) is 37.6 Å². The molecule has 28 heavy (non-hydrogen) atoms. The second-order valence-corrected chi connectivity index (χ2v) is 7.08. The van der Waals surface area contributed by atoms with Crippen LogP contribution in [0.4, 0.5) is 5.82 Å². The van der Waals surface area contributed by atoms with Gasteiger partial charge in [-0.05, 0) is 43.7 Å². The number of pyridine rings is 1. The van der Waals surface area contributed by atoms with Gasteiger partial charge in [0.05, 0.1) is 5.56 Å². The molecule has 4 rings (SSSR count). The second-order valence-electron chi connectivity index (χ2n) is 7.08. The Hall–Kier alpha value is -2.93. The van der Waals surface area contributed by atoms with Crippen LogP contribution in [0.2, 0.25) is 0 Å². The van der Waals surface area contributed by atoms with Gasteiger partial charge in [0.1, 0.15) is 11.6 Å². The van der Waals surface area contributed by atoms with Gasteiger partial charge in [-0.2, -0.15) is 0 Å². The minimum atomic E-state index is -0.637. The maximum atomic E-state index is 12.3. The zero-order chi connectivity index (χ0) is 19.3. The van der Waals surface area contributed by atoms with E-state index < -0.39 is 12.0 Å². The predicted molar refractivity (Wildman–Crippen MR) is 105 cm³/mol. The van der Waals surface area contributed by atoms with Crippen LogP contribution in [-0.4, -0.2) is 60.5 Å². The maximum Gasteiger partial charge on any atom is 0.267 e. The number of rotatable bonds is 5. The molecule has 2 aromatic rings. The number of imide groups is 1. The molecule has 7 heteroatoms. The van der Waals surface area contributed by atoms with Gasteiger partial charge in [0.15, 0.2) is 6.10 Å². The van der Waals surface area contributed by atoms with Crippen LogP contribution >= 0.6 is 0 Å². The summed E-state index contributed by atoms with van der Waals surface area (Å²) in [6, 6.07) is 12.9. The molecule has 1 atom stereocenters. The van der Waals surface area contributed by atoms with Crippen LogP contribution in [0.1, 0.15) is 23.2 Å². The molecule has 1 N–H and O–H groups in total. The Morgan fingerprint density at radius 1 is 1.04 bits per heavy atom. The second kappa shape index (κ2) is 8.39. The van der Waals surface area contributed by atoms with E-state index in [2.05, 4.69) is 20.1 Å². The summed E-state index contributed by atoms with van der Waals surface area (Å²) >= 11 is 0. The summed E-state index contributed by atoms with van der Waals surface area (Å²) in [5, 5.41) is 2.43. The average Bonchev–Trinajstić information content (AvgIpc) is 2.85. The number of piperazine rings is 1. The molecule has 0 radical (unpaired) electrons. The van der Waals surface area contributed by atoms with Crippen molar-refractivity contribution in [1.82, 2.24) is 15.2 Å². The van der Waals surface area contributed by atoms with E-state index in [-0.39, 0.29) is 5.91 Å². The van der Waals surface area contributed by atoms with E-state index in [0.29, 0.717) is 17.7 Å². The van der Waals surface area contributed by atoms with Crippen LogP contribution in [0.25, 0.3) is 0 Å². The quantitative estimate of drug-likeness (QED) is 0.796. The van der Waals surface area contributed by atoms with E-state index >= 15 is 0 Å². The van der Waals surface area contributed by atoms with Crippen molar-refractivity contribution in [3.8, 4) is 5.75 Å². The Bertz CT molecular complexity index is 835. The molecule has 1 unspecified atom stereocenters. The smallest absolute Gasteiger partial charge is 0.267 e. The molecule has 1 aromatic carbocycles. The fourth-order valence-electron chi connectivity index (χ4n) is 3.66. The Labute approximate surface area is 164 Å². The highest BCUT2D eigenvalue weighted by atomic mass is 16.5. The third-order valence-electron chi connectivity index (χ3n) is 5.22. The number of para-hydroxylation sites is 1. The first-order valence-corrected chi connectivity index (χ1v) is 9.70. The first-order chi connectivity index (χ1) is 13.7. The highest BCUT2D eigenvalue weighted by Crippen LogP contribution is 2.23. The van der Waals surface area contributed by atoms with Gasteiger partial charge in [0.2, 0.25) is 0 Å². The van der Waals surface area contributed by atoms with Crippen LogP contribution in [0, 0.1) is 0 Å². The van der Waals surface area contributed by atoms with Crippen molar-refractivity contribution < 1.29 is 14.3 Å². The minimum absolute atomic E-state index is 0.360. The Balaban J connectivity index is 1.26. The third kappa shape index (κ3) is 4.14. The van der Waals surface area contributed by atoms with Gasteiger partial charge in [-0.1, -0.05) is 18.2 Å². The lowest BCUT2D eigenvalue weighted by atomic mass is 10.1. The lowest BCUT2D eigenvalue weighted by Gasteiger charge is -2.35. The van der Waals surface area contributed by atoms with Crippen molar-refractivity contribution in [3.63, 3.8) is 0 Å². The highest BCUT2D eigenvalue weighted by Gasteiger charge is 2.29. The molecule has 146 valence electrons. The molecule has 2 aliphatic rings. The minimum Gasteiger partial charge on any atom is -0.480 e. The van der Waals surface area contributed by atoms with E-state index in [1.165, 1.54) is 0 Å². The molecule has 1 fully saturated rings. The fraction of sp³-hybridized carbons (Fsp3) is 0.381. The lowest BCUT2D eigenvalue weighted by molar-refractivity contribution is -0.126. The molecular formula is C21H24N4O3. The number of benzene rings is 1. The SMILES string of the molecule is O=C1NC(=O)C(CCCN2CCN(c3ccccn3)CC2)Oc2ccccc21. The van der Waals surface area contributed by atoms with Gasteiger partial charge in [0, 0.05) is 32.4 Å². The Morgan fingerprint density at radius 3 is 2.61 bits per heavy atom. The van der Waals surface area contributed by atoms with Gasteiger partial charge in [-0.25, -0.2) is 4.98 Å². The van der Waals surface area contributed by atoms with E-state index in [0.717, 1.165) is 45.0 Å². The zero-order valence-electron chi connectivity index (χ0n) is 15.7. The number of carbonyl (C=O) groups is 2. The number of carbonyl (C=O) groups excluding carboxylic acids is 2. The predicted octanol–water partition coefficient (Wildman–Crippen LogP) is 1.70. The van der Waals surface area contributed by atoms with Crippen molar-refractivity contribution in [3.05, 3.63) is 54.2 Å². The highest BCUT2D eigenvalue weighted by molar-refractivity contribution is 6.08. The number of hydrogen-bond acceptors (Lipinski definition) is 6. The average molecular weight is 380 g/mol. The molecule has 2 aliphatic heterocycles. The van der Waals surface area contributed by atoms with Crippen LogP contribution in [-0.2, 0) is 4.79 Å². The van der Waals surface area contributed by atoms with Crippen LogP contribution < -0.4 is 15.0 Å². The molecule has 1 aromatic heterocycles. The molecule has 3 heterocycles. The number of aromatic nitrogens is 1. The summed E-state index contributed by atoms with van der Waals surface area (Å²) in [7, 11) is 0. The van der Waals surface area contributed by atoms with Crippen LogP contribution in [0.5, 0.6) is 5.75 Å². The molecular weight excluding hydrogens is 356 g/mol. The summed E-state index contributed by atoms with van der Waals surface area (Å²) in [5.41, 5.74) is 0.406. The summed E-state index contributed by atoms with van der Waals surface area (Å²) in [6.07, 6.45) is 2.59. The topological polar surface area (TPSA) is 74.8 Å². The lowest BCUT2D eigenvalue weighted by Crippen LogP contribution is -2.47. The van der Waals surface area contributed by atoms with Crippen LogP contribution in [0.15, 0.2) is 48.7 Å². The van der Waals surface area contributed by atoms with E-state index in [9.17, 15) is 9.59 Å². The van der Waals surface area contributed by atoms with Gasteiger partial charge in [-0.15, -0.1) is 0 Å². The van der Waals surface area contributed by atoms with Crippen molar-refractivity contribution in [2.24, 2.45) is 0 Å². The van der Waals surface area contributed by atoms with E-state index in [4.69, 9.17) is 4.74 Å². The summed E-state index contributed by atoms with van der Waals surface area (Å²) in [5.74, 6) is 0.740. The Kier molecular flexibility index (Phi) is 5.53. The van der Waals surface area contributed by atoms with Gasteiger partial charge < -0.3 is 9.64 Å².